The monoisotopic (exact) mass is 412 g/mol. The van der Waals surface area contributed by atoms with Gasteiger partial charge >= 0.3 is 0 Å². The Hall–Kier alpha value is -3.00. The maximum Gasteiger partial charge on any atom is 0.233 e. The lowest BCUT2D eigenvalue weighted by molar-refractivity contribution is -0.128. The van der Waals surface area contributed by atoms with E-state index in [4.69, 9.17) is 0 Å². The number of hydrogen-bond acceptors (Lipinski definition) is 5. The summed E-state index contributed by atoms with van der Waals surface area (Å²) in [6.45, 7) is 2.80. The number of anilines is 1. The number of carbonyl (C=O) groups excluding carboxylic acids is 1. The van der Waals surface area contributed by atoms with Crippen LogP contribution in [0.4, 0.5) is 10.1 Å². The topological polar surface area (TPSA) is 61.6 Å². The molecule has 0 atom stereocenters. The van der Waals surface area contributed by atoms with Crippen LogP contribution < -0.4 is 4.90 Å². The summed E-state index contributed by atoms with van der Waals surface area (Å²) in [5, 5.41) is 10.1. The number of rotatable bonds is 5. The minimum absolute atomic E-state index is 0.0640. The molecule has 1 amide bonds. The number of benzene rings is 2. The zero-order chi connectivity index (χ0) is 20.2. The van der Waals surface area contributed by atoms with Crippen molar-refractivity contribution in [1.29, 1.82) is 0 Å². The first-order chi connectivity index (χ1) is 14.1. The number of thioether (sulfide) groups is 1. The van der Waals surface area contributed by atoms with Gasteiger partial charge in [-0.2, -0.15) is 0 Å². The molecule has 1 aliphatic heterocycles. The summed E-state index contributed by atoms with van der Waals surface area (Å²) in [6, 6.07) is 13.4. The standard InChI is InChI=1S/C21H21FN4O2S/c22-16-2-1-3-18(14-16)26-9-8-23-21(26)29-15-20(28)25-12-10-24(11-13-25)17-4-6-19(27)7-5-17/h1-9,14,27H,10-13,15H2. The molecule has 0 unspecified atom stereocenters. The van der Waals surface area contributed by atoms with E-state index in [9.17, 15) is 14.3 Å². The van der Waals surface area contributed by atoms with Crippen LogP contribution in [0.5, 0.6) is 5.75 Å². The van der Waals surface area contributed by atoms with Gasteiger partial charge in [-0.05, 0) is 42.5 Å². The summed E-state index contributed by atoms with van der Waals surface area (Å²) in [6.07, 6.45) is 3.41. The summed E-state index contributed by atoms with van der Waals surface area (Å²) >= 11 is 1.35. The molecule has 1 aromatic heterocycles. The van der Waals surface area contributed by atoms with Crippen LogP contribution in [0.1, 0.15) is 0 Å². The van der Waals surface area contributed by atoms with E-state index >= 15 is 0 Å². The second-order valence-corrected chi connectivity index (χ2v) is 7.68. The Balaban J connectivity index is 1.32. The zero-order valence-electron chi connectivity index (χ0n) is 15.7. The molecule has 1 fully saturated rings. The summed E-state index contributed by atoms with van der Waals surface area (Å²) in [5.41, 5.74) is 1.72. The van der Waals surface area contributed by atoms with E-state index in [1.165, 1.54) is 23.9 Å². The Kier molecular flexibility index (Phi) is 5.71. The number of amides is 1. The highest BCUT2D eigenvalue weighted by Crippen LogP contribution is 2.23. The number of imidazole rings is 1. The van der Waals surface area contributed by atoms with E-state index in [1.807, 2.05) is 17.0 Å². The molecule has 0 saturated carbocycles. The van der Waals surface area contributed by atoms with Gasteiger partial charge in [0.1, 0.15) is 11.6 Å². The Bertz CT molecular complexity index is 984. The molecule has 1 N–H and O–H groups in total. The van der Waals surface area contributed by atoms with Gasteiger partial charge in [0.05, 0.1) is 11.4 Å². The molecule has 1 aliphatic rings. The summed E-state index contributed by atoms with van der Waals surface area (Å²) in [5.74, 6) is 0.283. The largest absolute Gasteiger partial charge is 0.508 e. The molecule has 8 heteroatoms. The molecule has 0 spiro atoms. The molecule has 1 saturated heterocycles. The number of nitrogens with zero attached hydrogens (tertiary/aromatic N) is 4. The van der Waals surface area contributed by atoms with E-state index in [0.29, 0.717) is 23.9 Å². The van der Waals surface area contributed by atoms with Crippen molar-refractivity contribution in [2.45, 2.75) is 5.16 Å². The first-order valence-corrected chi connectivity index (χ1v) is 10.3. The first-order valence-electron chi connectivity index (χ1n) is 9.34. The number of piperazine rings is 1. The minimum Gasteiger partial charge on any atom is -0.508 e. The average molecular weight is 412 g/mol. The number of hydrogen-bond donors (Lipinski definition) is 1. The fourth-order valence-corrected chi connectivity index (χ4v) is 4.19. The van der Waals surface area contributed by atoms with Gasteiger partial charge in [0.15, 0.2) is 5.16 Å². The molecule has 4 rings (SSSR count). The lowest BCUT2D eigenvalue weighted by atomic mass is 10.2. The molecular weight excluding hydrogens is 391 g/mol. The second kappa shape index (κ2) is 8.57. The molecule has 6 nitrogen and oxygen atoms in total. The quantitative estimate of drug-likeness (QED) is 0.653. The van der Waals surface area contributed by atoms with Gasteiger partial charge in [-0.3, -0.25) is 9.36 Å². The number of aromatic hydroxyl groups is 1. The van der Waals surface area contributed by atoms with Gasteiger partial charge in [-0.25, -0.2) is 9.37 Å². The van der Waals surface area contributed by atoms with Gasteiger partial charge in [-0.1, -0.05) is 17.8 Å². The van der Waals surface area contributed by atoms with Gasteiger partial charge in [0, 0.05) is 44.3 Å². The summed E-state index contributed by atoms with van der Waals surface area (Å²) in [4.78, 5) is 21.0. The van der Waals surface area contributed by atoms with Gasteiger partial charge in [0.25, 0.3) is 0 Å². The third-order valence-corrected chi connectivity index (χ3v) is 5.82. The van der Waals surface area contributed by atoms with Gasteiger partial charge < -0.3 is 14.9 Å². The highest BCUT2D eigenvalue weighted by atomic mass is 32.2. The smallest absolute Gasteiger partial charge is 0.233 e. The first kappa shape index (κ1) is 19.3. The van der Waals surface area contributed by atoms with Crippen molar-refractivity contribution < 1.29 is 14.3 Å². The highest BCUT2D eigenvalue weighted by molar-refractivity contribution is 7.99. The molecule has 29 heavy (non-hydrogen) atoms. The van der Waals surface area contributed by atoms with Crippen LogP contribution in [-0.2, 0) is 4.79 Å². The molecular formula is C21H21FN4O2S. The predicted octanol–water partition coefficient (Wildman–Crippen LogP) is 3.16. The normalized spacial score (nSPS) is 14.2. The third-order valence-electron chi connectivity index (χ3n) is 4.87. The number of aromatic nitrogens is 2. The van der Waals surface area contributed by atoms with Crippen LogP contribution in [0, 0.1) is 5.82 Å². The van der Waals surface area contributed by atoms with E-state index < -0.39 is 0 Å². The molecule has 2 aromatic carbocycles. The Morgan fingerprint density at radius 1 is 1.07 bits per heavy atom. The number of halogens is 1. The predicted molar refractivity (Wildman–Crippen MR) is 111 cm³/mol. The van der Waals surface area contributed by atoms with Crippen LogP contribution in [0.2, 0.25) is 0 Å². The van der Waals surface area contributed by atoms with E-state index in [2.05, 4.69) is 9.88 Å². The third kappa shape index (κ3) is 4.54. The molecule has 0 bridgehead atoms. The molecule has 3 aromatic rings. The van der Waals surface area contributed by atoms with E-state index in [0.717, 1.165) is 18.8 Å². The highest BCUT2D eigenvalue weighted by Gasteiger charge is 2.22. The number of phenols is 1. The lowest BCUT2D eigenvalue weighted by Crippen LogP contribution is -2.49. The van der Waals surface area contributed by atoms with Crippen molar-refractivity contribution in [3.63, 3.8) is 0 Å². The Morgan fingerprint density at radius 2 is 1.83 bits per heavy atom. The van der Waals surface area contributed by atoms with Crippen molar-refractivity contribution in [3.8, 4) is 11.4 Å². The van der Waals surface area contributed by atoms with Crippen LogP contribution in [0.3, 0.4) is 0 Å². The van der Waals surface area contributed by atoms with Crippen LogP contribution >= 0.6 is 11.8 Å². The van der Waals surface area contributed by atoms with E-state index in [-0.39, 0.29) is 23.2 Å². The second-order valence-electron chi connectivity index (χ2n) is 6.73. The van der Waals surface area contributed by atoms with Crippen molar-refractivity contribution in [1.82, 2.24) is 14.5 Å². The lowest BCUT2D eigenvalue weighted by Gasteiger charge is -2.36. The minimum atomic E-state index is -0.310. The Morgan fingerprint density at radius 3 is 2.55 bits per heavy atom. The van der Waals surface area contributed by atoms with Gasteiger partial charge in [0.2, 0.25) is 5.91 Å². The average Bonchev–Trinajstić information content (AvgIpc) is 3.21. The number of phenolic OH excluding ortho intramolecular Hbond substituents is 1. The molecule has 2 heterocycles. The summed E-state index contributed by atoms with van der Waals surface area (Å²) < 4.78 is 15.3. The van der Waals surface area contributed by atoms with Crippen molar-refractivity contribution in [2.24, 2.45) is 0 Å². The van der Waals surface area contributed by atoms with Crippen molar-refractivity contribution in [2.75, 3.05) is 36.8 Å². The fourth-order valence-electron chi connectivity index (χ4n) is 3.31. The van der Waals surface area contributed by atoms with Crippen LogP contribution in [-0.4, -0.2) is 57.4 Å². The fraction of sp³-hybridized carbons (Fsp3) is 0.238. The SMILES string of the molecule is O=C(CSc1nccn1-c1cccc(F)c1)N1CCN(c2ccc(O)cc2)CC1. The van der Waals surface area contributed by atoms with Crippen molar-refractivity contribution >= 4 is 23.4 Å². The number of carbonyl (C=O) groups is 1. The summed E-state index contributed by atoms with van der Waals surface area (Å²) in [7, 11) is 0. The van der Waals surface area contributed by atoms with Crippen molar-refractivity contribution in [3.05, 3.63) is 66.7 Å². The molecule has 150 valence electrons. The van der Waals surface area contributed by atoms with Crippen LogP contribution in [0.25, 0.3) is 5.69 Å². The van der Waals surface area contributed by atoms with Gasteiger partial charge in [-0.15, -0.1) is 0 Å². The Labute approximate surface area is 172 Å². The maximum absolute atomic E-state index is 13.5. The van der Waals surface area contributed by atoms with E-state index in [1.54, 1.807) is 41.2 Å². The maximum atomic E-state index is 13.5. The zero-order valence-corrected chi connectivity index (χ0v) is 16.6. The van der Waals surface area contributed by atoms with Crippen LogP contribution in [0.15, 0.2) is 66.1 Å². The molecule has 0 radical (unpaired) electrons. The molecule has 0 aliphatic carbocycles.